The van der Waals surface area contributed by atoms with Crippen LogP contribution in [0.3, 0.4) is 0 Å². The summed E-state index contributed by atoms with van der Waals surface area (Å²) in [5.74, 6) is -0.135. The average molecular weight is 541 g/mol. The zero-order chi connectivity index (χ0) is 26.0. The van der Waals surface area contributed by atoms with Gasteiger partial charge in [0.2, 0.25) is 5.91 Å². The highest BCUT2D eigenvalue weighted by molar-refractivity contribution is 7.38. The van der Waals surface area contributed by atoms with E-state index >= 15 is 4.39 Å². The monoisotopic (exact) mass is 540 g/mol. The van der Waals surface area contributed by atoms with Crippen LogP contribution in [-0.4, -0.2) is 33.3 Å². The first kappa shape index (κ1) is 26.6. The Bertz CT molecular complexity index is 1350. The van der Waals surface area contributed by atoms with Crippen LogP contribution in [0.4, 0.5) is 4.39 Å². The number of carbonyl (C=O) groups excluding carboxylic acids is 1. The van der Waals surface area contributed by atoms with Gasteiger partial charge in [0, 0.05) is 40.2 Å². The van der Waals surface area contributed by atoms with Crippen molar-refractivity contribution in [3.05, 3.63) is 87.5 Å². The molecule has 2 unspecified atom stereocenters. The number of aliphatic imine (C=N–C) groups is 1. The standard InChI is InChI=1S/C27H31FN4OP2S/c1-5-18(29-7-3)13-32-15-23(26(30-32)27(28,34)35)20-11-9-8-10-19(20)22-14-31(25(33)6-2)16-24-21(22)12-17(4)36-24/h5-12,15,22H,2,13-14,16,34-35H2,1,3-4H3/b18-5-,29-7-/t22-/m0/s1. The fourth-order valence-corrected chi connectivity index (χ4v) is 6.23. The van der Waals surface area contributed by atoms with Gasteiger partial charge in [-0.2, -0.15) is 5.10 Å². The number of hydrogen-bond acceptors (Lipinski definition) is 4. The lowest BCUT2D eigenvalue weighted by atomic mass is 9.83. The number of fused-ring (bicyclic) bond motifs is 1. The van der Waals surface area contributed by atoms with Crippen LogP contribution in [0, 0.1) is 6.92 Å². The van der Waals surface area contributed by atoms with Crippen molar-refractivity contribution in [2.75, 3.05) is 6.54 Å². The maximum absolute atomic E-state index is 15.4. The first-order chi connectivity index (χ1) is 17.2. The fourth-order valence-electron chi connectivity index (χ4n) is 4.69. The van der Waals surface area contributed by atoms with Crippen molar-refractivity contribution in [3.8, 4) is 11.1 Å². The van der Waals surface area contributed by atoms with Gasteiger partial charge in [-0.05, 0) is 49.6 Å². The topological polar surface area (TPSA) is 50.5 Å². The van der Waals surface area contributed by atoms with E-state index < -0.39 is 5.15 Å². The Morgan fingerprint density at radius 2 is 2.06 bits per heavy atom. The molecule has 0 bridgehead atoms. The summed E-state index contributed by atoms with van der Waals surface area (Å²) in [6, 6.07) is 10.3. The van der Waals surface area contributed by atoms with Crippen molar-refractivity contribution in [1.29, 1.82) is 0 Å². The second-order valence-electron chi connectivity index (χ2n) is 8.82. The highest BCUT2D eigenvalue weighted by atomic mass is 32.1. The van der Waals surface area contributed by atoms with Gasteiger partial charge in [0.05, 0.1) is 18.8 Å². The summed E-state index contributed by atoms with van der Waals surface area (Å²) >= 11 is 1.72. The molecule has 0 fully saturated rings. The molecule has 3 atom stereocenters. The lowest BCUT2D eigenvalue weighted by Gasteiger charge is -2.33. The third kappa shape index (κ3) is 5.44. The van der Waals surface area contributed by atoms with Crippen LogP contribution >= 0.6 is 29.8 Å². The van der Waals surface area contributed by atoms with Crippen LogP contribution in [0.15, 0.2) is 65.9 Å². The first-order valence-electron chi connectivity index (χ1n) is 11.7. The van der Waals surface area contributed by atoms with Crippen molar-refractivity contribution in [2.24, 2.45) is 4.99 Å². The van der Waals surface area contributed by atoms with Gasteiger partial charge >= 0.3 is 0 Å². The Kier molecular flexibility index (Phi) is 8.04. The van der Waals surface area contributed by atoms with E-state index in [1.165, 1.54) is 21.4 Å². The highest BCUT2D eigenvalue weighted by Gasteiger charge is 2.34. The number of amides is 1. The van der Waals surface area contributed by atoms with Crippen LogP contribution in [0.25, 0.3) is 11.1 Å². The number of rotatable bonds is 7. The number of thiophene rings is 1. The smallest absolute Gasteiger partial charge is 0.246 e. The molecule has 0 saturated carbocycles. The molecule has 4 rings (SSSR count). The normalized spacial score (nSPS) is 16.4. The van der Waals surface area contributed by atoms with Crippen LogP contribution in [0.1, 0.15) is 46.3 Å². The largest absolute Gasteiger partial charge is 0.333 e. The molecular weight excluding hydrogens is 509 g/mol. The number of benzene rings is 1. The van der Waals surface area contributed by atoms with E-state index in [9.17, 15) is 4.79 Å². The Labute approximate surface area is 220 Å². The van der Waals surface area contributed by atoms with Gasteiger partial charge in [-0.25, -0.2) is 4.39 Å². The zero-order valence-corrected chi connectivity index (χ0v) is 23.9. The van der Waals surface area contributed by atoms with Gasteiger partial charge in [-0.1, -0.05) is 55.4 Å². The number of allylic oxidation sites excluding steroid dienone is 2. The predicted octanol–water partition coefficient (Wildman–Crippen LogP) is 6.40. The molecule has 1 aliphatic heterocycles. The molecule has 0 aliphatic carbocycles. The third-order valence-electron chi connectivity index (χ3n) is 6.27. The molecule has 1 aliphatic rings. The van der Waals surface area contributed by atoms with Crippen LogP contribution in [0.2, 0.25) is 0 Å². The van der Waals surface area contributed by atoms with Crippen molar-refractivity contribution < 1.29 is 9.18 Å². The first-order valence-corrected chi connectivity index (χ1v) is 13.7. The molecule has 188 valence electrons. The van der Waals surface area contributed by atoms with Gasteiger partial charge in [0.1, 0.15) is 5.69 Å². The fraction of sp³-hybridized carbons (Fsp3) is 0.296. The van der Waals surface area contributed by atoms with Gasteiger partial charge in [-0.3, -0.25) is 14.5 Å². The molecule has 1 amide bonds. The SMILES string of the molecule is C=CC(=O)N1Cc2sc(C)cc2[C@H](c2ccccc2-c2cn(CC(=C/C)/N=C\C)nc2C(F)(P)P)C1. The van der Waals surface area contributed by atoms with Gasteiger partial charge in [0.25, 0.3) is 0 Å². The Morgan fingerprint density at radius 1 is 1.31 bits per heavy atom. The number of aromatic nitrogens is 2. The predicted molar refractivity (Wildman–Crippen MR) is 154 cm³/mol. The van der Waals surface area contributed by atoms with Crippen LogP contribution in [0.5, 0.6) is 0 Å². The number of nitrogens with zero attached hydrogens (tertiary/aromatic N) is 4. The summed E-state index contributed by atoms with van der Waals surface area (Å²) in [6.45, 7) is 11.1. The number of aryl methyl sites for hydroxylation is 1. The van der Waals surface area contributed by atoms with E-state index in [2.05, 4.69) is 54.2 Å². The molecule has 3 aromatic rings. The van der Waals surface area contributed by atoms with Crippen molar-refractivity contribution in [3.63, 3.8) is 0 Å². The van der Waals surface area contributed by atoms with Crippen molar-refractivity contribution >= 4 is 41.9 Å². The van der Waals surface area contributed by atoms with E-state index in [1.54, 1.807) is 22.2 Å². The minimum Gasteiger partial charge on any atom is -0.333 e. The lowest BCUT2D eigenvalue weighted by Crippen LogP contribution is -2.37. The summed E-state index contributed by atoms with van der Waals surface area (Å²) in [5.41, 5.74) is 5.04. The zero-order valence-electron chi connectivity index (χ0n) is 20.7. The lowest BCUT2D eigenvalue weighted by molar-refractivity contribution is -0.127. The Hall–Kier alpha value is -2.46. The maximum atomic E-state index is 15.4. The van der Waals surface area contributed by atoms with E-state index in [-0.39, 0.29) is 11.8 Å². The molecule has 0 N–H and O–H groups in total. The molecule has 36 heavy (non-hydrogen) atoms. The van der Waals surface area contributed by atoms with E-state index in [0.717, 1.165) is 22.4 Å². The quantitative estimate of drug-likeness (QED) is 0.198. The van der Waals surface area contributed by atoms with Crippen LogP contribution < -0.4 is 0 Å². The molecule has 9 heteroatoms. The molecular formula is C27H31FN4OP2S. The molecule has 0 radical (unpaired) electrons. The second-order valence-corrected chi connectivity index (χ2v) is 12.5. The molecule has 0 spiro atoms. The third-order valence-corrected chi connectivity index (χ3v) is 7.87. The molecule has 1 aromatic carbocycles. The average Bonchev–Trinajstić information content (AvgIpc) is 3.45. The van der Waals surface area contributed by atoms with E-state index in [4.69, 9.17) is 0 Å². The molecule has 0 saturated heterocycles. The number of hydrogen-bond donors (Lipinski definition) is 0. The second kappa shape index (κ2) is 10.9. The summed E-state index contributed by atoms with van der Waals surface area (Å²) in [7, 11) is 4.48. The van der Waals surface area contributed by atoms with E-state index in [1.807, 2.05) is 49.2 Å². The van der Waals surface area contributed by atoms with E-state index in [0.29, 0.717) is 25.3 Å². The molecule has 5 nitrogen and oxygen atoms in total. The maximum Gasteiger partial charge on any atom is 0.246 e. The number of halogens is 1. The summed E-state index contributed by atoms with van der Waals surface area (Å²) in [5, 5.41) is 2.82. The van der Waals surface area contributed by atoms with Gasteiger partial charge in [0.15, 0.2) is 5.15 Å². The summed E-state index contributed by atoms with van der Waals surface area (Å²) in [4.78, 5) is 21.2. The Morgan fingerprint density at radius 3 is 2.72 bits per heavy atom. The number of carbonyl (C=O) groups is 1. The van der Waals surface area contributed by atoms with Gasteiger partial charge < -0.3 is 4.90 Å². The Balaban J connectivity index is 1.86. The molecule has 3 heterocycles. The highest BCUT2D eigenvalue weighted by Crippen LogP contribution is 2.47. The van der Waals surface area contributed by atoms with Crippen molar-refractivity contribution in [2.45, 2.75) is 44.9 Å². The minimum absolute atomic E-state index is 0.0474. The van der Waals surface area contributed by atoms with Crippen molar-refractivity contribution in [1.82, 2.24) is 14.7 Å². The minimum atomic E-state index is -1.81. The molecule has 2 aromatic heterocycles. The van der Waals surface area contributed by atoms with Crippen LogP contribution in [-0.2, 0) is 23.0 Å². The van der Waals surface area contributed by atoms with Gasteiger partial charge in [-0.15, -0.1) is 11.3 Å². The summed E-state index contributed by atoms with van der Waals surface area (Å²) in [6.07, 6.45) is 6.92. The number of alkyl halides is 1. The summed E-state index contributed by atoms with van der Waals surface area (Å²) < 4.78 is 17.2.